The number of aryl methyl sites for hydroxylation is 3. The van der Waals surface area contributed by atoms with Crippen LogP contribution in [0.2, 0.25) is 0 Å². The lowest BCUT2D eigenvalue weighted by atomic mass is 9.33. The number of furan rings is 2. The molecule has 342 valence electrons. The molecule has 11 aromatic rings. The van der Waals surface area contributed by atoms with Crippen molar-refractivity contribution < 1.29 is 8.83 Å². The fourth-order valence-corrected chi connectivity index (χ4v) is 14.1. The quantitative estimate of drug-likeness (QED) is 0.164. The van der Waals surface area contributed by atoms with E-state index in [0.29, 0.717) is 0 Å². The molecule has 5 nitrogen and oxygen atoms in total. The van der Waals surface area contributed by atoms with Crippen LogP contribution in [0.3, 0.4) is 0 Å². The van der Waals surface area contributed by atoms with Crippen molar-refractivity contribution in [1.82, 2.24) is 0 Å². The van der Waals surface area contributed by atoms with E-state index in [-0.39, 0.29) is 17.7 Å². The molecule has 6 heteroatoms. The second-order valence-electron chi connectivity index (χ2n) is 21.4. The van der Waals surface area contributed by atoms with Gasteiger partial charge in [-0.3, -0.25) is 0 Å². The summed E-state index contributed by atoms with van der Waals surface area (Å²) in [7, 11) is 0. The molecule has 15 rings (SSSR count). The van der Waals surface area contributed by atoms with E-state index in [9.17, 15) is 0 Å². The minimum atomic E-state index is -0.104. The first-order valence-electron chi connectivity index (χ1n) is 25.5. The lowest BCUT2D eigenvalue weighted by Crippen LogP contribution is -2.61. The molecule has 0 bridgehead atoms. The van der Waals surface area contributed by atoms with Crippen LogP contribution in [-0.2, 0) is 5.41 Å². The minimum Gasteiger partial charge on any atom is -0.456 e. The third kappa shape index (κ3) is 5.53. The fourth-order valence-electron chi connectivity index (χ4n) is 14.1. The summed E-state index contributed by atoms with van der Waals surface area (Å²) in [4.78, 5) is 7.85. The standard InChI is InChI=1S/C65H52BN3O2/c1-39-32-41(3)61-55(33-39)69(65(5)31-14-13-30-64(61,65)4)45-25-28-51-54(38-45)68(52-21-15-20-48-46-18-9-12-23-59(46)71-63(48)52)57-35-40(2)34-56-62(57)66(51)50-27-24-43(42-16-7-6-8-17-42)36-53(50)67(56)44-26-29-60-49(37-44)47-19-10-11-22-58(47)70-60/h6-12,15-29,32-38H,13-14,30-31H2,1-5H3. The van der Waals surface area contributed by atoms with Gasteiger partial charge in [-0.2, -0.15) is 0 Å². The first-order valence-corrected chi connectivity index (χ1v) is 25.5. The van der Waals surface area contributed by atoms with Gasteiger partial charge in [0.05, 0.1) is 11.2 Å². The molecule has 4 aliphatic rings. The fraction of sp³-hybridized carbons (Fsp3) is 0.169. The molecule has 0 N–H and O–H groups in total. The maximum absolute atomic E-state index is 7.00. The molecule has 0 spiro atoms. The molecular weight excluding hydrogens is 866 g/mol. The van der Waals surface area contributed by atoms with Crippen LogP contribution in [0.4, 0.5) is 45.5 Å². The molecule has 5 heterocycles. The van der Waals surface area contributed by atoms with Gasteiger partial charge in [0.1, 0.15) is 16.7 Å². The van der Waals surface area contributed by atoms with E-state index in [1.165, 1.54) is 103 Å². The predicted molar refractivity (Wildman–Crippen MR) is 297 cm³/mol. The zero-order valence-corrected chi connectivity index (χ0v) is 40.8. The predicted octanol–water partition coefficient (Wildman–Crippen LogP) is 15.9. The summed E-state index contributed by atoms with van der Waals surface area (Å²) < 4.78 is 13.4. The van der Waals surface area contributed by atoms with Crippen LogP contribution in [-0.4, -0.2) is 12.3 Å². The number of anilines is 8. The molecule has 2 aromatic heterocycles. The normalized spacial score (nSPS) is 18.8. The number of nitrogens with zero attached hydrogens (tertiary/aromatic N) is 3. The summed E-state index contributed by atoms with van der Waals surface area (Å²) in [5.74, 6) is 0. The van der Waals surface area contributed by atoms with Gasteiger partial charge >= 0.3 is 0 Å². The Morgan fingerprint density at radius 3 is 1.90 bits per heavy atom. The summed E-state index contributed by atoms with van der Waals surface area (Å²) in [5.41, 5.74) is 24.6. The third-order valence-corrected chi connectivity index (χ3v) is 17.3. The van der Waals surface area contributed by atoms with Gasteiger partial charge in [-0.1, -0.05) is 123 Å². The Morgan fingerprint density at radius 1 is 0.451 bits per heavy atom. The third-order valence-electron chi connectivity index (χ3n) is 17.3. The minimum absolute atomic E-state index is 0.0143. The Hall–Kier alpha value is -7.96. The lowest BCUT2D eigenvalue weighted by Gasteiger charge is -2.51. The van der Waals surface area contributed by atoms with Crippen molar-refractivity contribution in [3.8, 4) is 11.1 Å². The largest absolute Gasteiger partial charge is 0.456 e. The summed E-state index contributed by atoms with van der Waals surface area (Å²) in [6.07, 6.45) is 4.79. The molecule has 2 unspecified atom stereocenters. The number of hydrogen-bond acceptors (Lipinski definition) is 5. The first-order chi connectivity index (χ1) is 34.7. The number of benzene rings is 9. The highest BCUT2D eigenvalue weighted by Crippen LogP contribution is 2.62. The molecule has 2 atom stereocenters. The van der Waals surface area contributed by atoms with Crippen LogP contribution < -0.4 is 31.1 Å². The monoisotopic (exact) mass is 917 g/mol. The maximum atomic E-state index is 7.00. The van der Waals surface area contributed by atoms with E-state index in [2.05, 4.69) is 219 Å². The molecule has 1 saturated carbocycles. The van der Waals surface area contributed by atoms with E-state index in [4.69, 9.17) is 8.83 Å². The van der Waals surface area contributed by atoms with Crippen molar-refractivity contribution in [3.63, 3.8) is 0 Å². The van der Waals surface area contributed by atoms with E-state index in [1.807, 2.05) is 6.07 Å². The Bertz CT molecular complexity index is 4070. The van der Waals surface area contributed by atoms with E-state index in [0.717, 1.165) is 61.7 Å². The summed E-state index contributed by atoms with van der Waals surface area (Å²) in [6.45, 7) is 11.9. The van der Waals surface area contributed by atoms with Gasteiger partial charge in [-0.15, -0.1) is 0 Å². The SMILES string of the molecule is Cc1cc2c3c(c1)N(c1cccc4c1oc1ccccc14)c1cc(N4c5cc(C)cc(C)c5C5(C)CCCCC45C)ccc1B3c1ccc(-c3ccccc3)cc1N2c1ccc2oc3ccccc3c2c1. The molecule has 1 fully saturated rings. The Balaban J connectivity index is 1.03. The highest BCUT2D eigenvalue weighted by Gasteiger charge is 2.58. The zero-order chi connectivity index (χ0) is 47.5. The molecule has 71 heavy (non-hydrogen) atoms. The molecular formula is C65H52BN3O2. The van der Waals surface area contributed by atoms with E-state index in [1.54, 1.807) is 0 Å². The molecule has 0 radical (unpaired) electrons. The van der Waals surface area contributed by atoms with E-state index >= 15 is 0 Å². The van der Waals surface area contributed by atoms with Gasteiger partial charge in [-0.25, -0.2) is 0 Å². The summed E-state index contributed by atoms with van der Waals surface area (Å²) >= 11 is 0. The molecule has 9 aromatic carbocycles. The molecule has 3 aliphatic heterocycles. The van der Waals surface area contributed by atoms with Crippen molar-refractivity contribution >= 4 is 112 Å². The van der Waals surface area contributed by atoms with Crippen LogP contribution in [0, 0.1) is 20.8 Å². The first kappa shape index (κ1) is 40.9. The molecule has 0 saturated heterocycles. The van der Waals surface area contributed by atoms with Crippen molar-refractivity contribution in [2.75, 3.05) is 14.7 Å². The number of hydrogen-bond donors (Lipinski definition) is 0. The summed E-state index contributed by atoms with van der Waals surface area (Å²) in [5, 5.41) is 4.47. The van der Waals surface area contributed by atoms with Crippen molar-refractivity contribution in [2.45, 2.75) is 71.3 Å². The zero-order valence-electron chi connectivity index (χ0n) is 40.8. The average Bonchev–Trinajstić information content (AvgIpc) is 4.02. The molecule has 0 amide bonds. The van der Waals surface area contributed by atoms with Crippen LogP contribution in [0.5, 0.6) is 0 Å². The second kappa shape index (κ2) is 14.6. The molecule has 1 aliphatic carbocycles. The van der Waals surface area contributed by atoms with Gasteiger partial charge in [0.2, 0.25) is 0 Å². The smallest absolute Gasteiger partial charge is 0.252 e. The van der Waals surface area contributed by atoms with Gasteiger partial charge in [0.15, 0.2) is 5.58 Å². The van der Waals surface area contributed by atoms with E-state index < -0.39 is 0 Å². The maximum Gasteiger partial charge on any atom is 0.252 e. The van der Waals surface area contributed by atoms with Gasteiger partial charge in [-0.05, 0) is 163 Å². The van der Waals surface area contributed by atoms with Crippen molar-refractivity contribution in [2.24, 2.45) is 0 Å². The lowest BCUT2D eigenvalue weighted by molar-refractivity contribution is 0.194. The second-order valence-corrected chi connectivity index (χ2v) is 21.4. The number of para-hydroxylation sites is 3. The van der Waals surface area contributed by atoms with Crippen LogP contribution in [0.15, 0.2) is 185 Å². The van der Waals surface area contributed by atoms with Gasteiger partial charge in [0.25, 0.3) is 6.71 Å². The van der Waals surface area contributed by atoms with Gasteiger partial charge in [0, 0.05) is 66.8 Å². The summed E-state index contributed by atoms with van der Waals surface area (Å²) in [6, 6.07) is 65.5. The van der Waals surface area contributed by atoms with Crippen LogP contribution >= 0.6 is 0 Å². The Kier molecular flexibility index (Phi) is 8.38. The highest BCUT2D eigenvalue weighted by molar-refractivity contribution is 7.00. The topological polar surface area (TPSA) is 36.0 Å². The highest BCUT2D eigenvalue weighted by atomic mass is 16.3. The van der Waals surface area contributed by atoms with Gasteiger partial charge < -0.3 is 23.5 Å². The Morgan fingerprint density at radius 2 is 1.08 bits per heavy atom. The number of fused-ring (bicyclic) bond motifs is 13. The van der Waals surface area contributed by atoms with Crippen molar-refractivity contribution in [1.29, 1.82) is 0 Å². The number of rotatable bonds is 4. The van der Waals surface area contributed by atoms with Crippen LogP contribution in [0.25, 0.3) is 55.0 Å². The van der Waals surface area contributed by atoms with Crippen molar-refractivity contribution in [3.05, 3.63) is 198 Å². The van der Waals surface area contributed by atoms with Crippen LogP contribution in [0.1, 0.15) is 61.8 Å². The average molecular weight is 918 g/mol. The Labute approximate surface area is 414 Å².